The summed E-state index contributed by atoms with van der Waals surface area (Å²) in [6.45, 7) is 6.11. The Balaban J connectivity index is 2.79. The molecule has 0 aromatic carbocycles. The molecule has 5 N–H and O–H groups in total. The zero-order chi connectivity index (χ0) is 10.2. The smallest absolute Gasteiger partial charge is 0.0806 e. The van der Waals surface area contributed by atoms with Crippen molar-refractivity contribution in [2.24, 2.45) is 17.4 Å². The third-order valence-corrected chi connectivity index (χ3v) is 2.98. The molecule has 1 aliphatic heterocycles. The molecule has 0 saturated carbocycles. The zero-order valence-corrected chi connectivity index (χ0v) is 8.53. The van der Waals surface area contributed by atoms with Gasteiger partial charge in [-0.3, -0.25) is 0 Å². The molecule has 4 nitrogen and oxygen atoms in total. The first kappa shape index (κ1) is 10.9. The van der Waals surface area contributed by atoms with Gasteiger partial charge in [-0.2, -0.15) is 0 Å². The van der Waals surface area contributed by atoms with Crippen LogP contribution in [0.3, 0.4) is 0 Å². The third kappa shape index (κ3) is 1.86. The second-order valence-corrected chi connectivity index (χ2v) is 4.37. The number of ether oxygens (including phenoxy) is 1. The normalized spacial score (nSPS) is 44.8. The van der Waals surface area contributed by atoms with Crippen molar-refractivity contribution in [2.45, 2.75) is 44.6 Å². The Bertz CT molecular complexity index is 182. The van der Waals surface area contributed by atoms with E-state index < -0.39 is 11.7 Å². The van der Waals surface area contributed by atoms with Gasteiger partial charge in [0.15, 0.2) is 0 Å². The molecule has 0 amide bonds. The first-order chi connectivity index (χ1) is 5.90. The molecule has 13 heavy (non-hydrogen) atoms. The molecule has 0 aromatic heterocycles. The number of aliphatic hydroxyl groups is 1. The maximum atomic E-state index is 9.82. The van der Waals surface area contributed by atoms with Crippen molar-refractivity contribution >= 4 is 0 Å². The summed E-state index contributed by atoms with van der Waals surface area (Å²) in [6.07, 6.45) is -0.623. The van der Waals surface area contributed by atoms with Gasteiger partial charge >= 0.3 is 0 Å². The van der Waals surface area contributed by atoms with E-state index in [1.54, 1.807) is 0 Å². The molecule has 2 unspecified atom stereocenters. The molecule has 0 aliphatic carbocycles. The maximum absolute atomic E-state index is 9.82. The van der Waals surface area contributed by atoms with E-state index in [1.807, 2.05) is 20.8 Å². The van der Waals surface area contributed by atoms with Crippen LogP contribution >= 0.6 is 0 Å². The van der Waals surface area contributed by atoms with E-state index in [4.69, 9.17) is 16.2 Å². The molecule has 1 rings (SSSR count). The van der Waals surface area contributed by atoms with Crippen molar-refractivity contribution in [2.75, 3.05) is 6.54 Å². The second kappa shape index (κ2) is 3.53. The minimum Gasteiger partial charge on any atom is -0.391 e. The van der Waals surface area contributed by atoms with Crippen LogP contribution in [-0.2, 0) is 4.74 Å². The lowest BCUT2D eigenvalue weighted by Gasteiger charge is -2.47. The van der Waals surface area contributed by atoms with Gasteiger partial charge in [0.05, 0.1) is 23.9 Å². The van der Waals surface area contributed by atoms with E-state index in [0.29, 0.717) is 6.54 Å². The standard InChI is InChI=1S/C9H20N2O2/c1-5-6(4-10)13-9(2,3)8(11)7(5)12/h5-8,12H,4,10-11H2,1-3H3/t5-,6?,7?,8+/m1/s1. The van der Waals surface area contributed by atoms with Crippen molar-refractivity contribution in [3.05, 3.63) is 0 Å². The van der Waals surface area contributed by atoms with E-state index in [0.717, 1.165) is 0 Å². The fourth-order valence-corrected chi connectivity index (χ4v) is 1.80. The molecular formula is C9H20N2O2. The second-order valence-electron chi connectivity index (χ2n) is 4.37. The highest BCUT2D eigenvalue weighted by Crippen LogP contribution is 2.30. The number of rotatable bonds is 1. The Morgan fingerprint density at radius 3 is 2.46 bits per heavy atom. The van der Waals surface area contributed by atoms with Crippen LogP contribution in [0.4, 0.5) is 0 Å². The molecule has 1 fully saturated rings. The van der Waals surface area contributed by atoms with Crippen molar-refractivity contribution in [1.29, 1.82) is 0 Å². The predicted octanol–water partition coefficient (Wildman–Crippen LogP) is -0.553. The van der Waals surface area contributed by atoms with E-state index in [2.05, 4.69) is 0 Å². The molecule has 0 spiro atoms. The van der Waals surface area contributed by atoms with Gasteiger partial charge < -0.3 is 21.3 Å². The van der Waals surface area contributed by atoms with Crippen molar-refractivity contribution in [3.8, 4) is 0 Å². The molecule has 0 radical (unpaired) electrons. The SMILES string of the molecule is C[C@@H]1C(CN)OC(C)(C)[C@@H](N)C1O. The third-order valence-electron chi connectivity index (χ3n) is 2.98. The fourth-order valence-electron chi connectivity index (χ4n) is 1.80. The van der Waals surface area contributed by atoms with E-state index in [9.17, 15) is 5.11 Å². The fraction of sp³-hybridized carbons (Fsp3) is 1.00. The van der Waals surface area contributed by atoms with Gasteiger partial charge in [-0.25, -0.2) is 0 Å². The van der Waals surface area contributed by atoms with E-state index in [1.165, 1.54) is 0 Å². The van der Waals surface area contributed by atoms with E-state index >= 15 is 0 Å². The molecule has 0 bridgehead atoms. The van der Waals surface area contributed by atoms with Crippen molar-refractivity contribution < 1.29 is 9.84 Å². The number of hydrogen-bond acceptors (Lipinski definition) is 4. The summed E-state index contributed by atoms with van der Waals surface area (Å²) >= 11 is 0. The summed E-state index contributed by atoms with van der Waals surface area (Å²) in [5.41, 5.74) is 10.9. The highest BCUT2D eigenvalue weighted by molar-refractivity contribution is 4.98. The summed E-state index contributed by atoms with van der Waals surface area (Å²) in [6, 6.07) is -0.342. The van der Waals surface area contributed by atoms with Gasteiger partial charge in [0.25, 0.3) is 0 Å². The molecule has 1 heterocycles. The van der Waals surface area contributed by atoms with Crippen LogP contribution in [0.5, 0.6) is 0 Å². The molecule has 78 valence electrons. The summed E-state index contributed by atoms with van der Waals surface area (Å²) in [4.78, 5) is 0. The largest absolute Gasteiger partial charge is 0.391 e. The lowest BCUT2D eigenvalue weighted by Crippen LogP contribution is -2.63. The Kier molecular flexibility index (Phi) is 2.97. The Morgan fingerprint density at radius 1 is 1.46 bits per heavy atom. The Morgan fingerprint density at radius 2 is 2.00 bits per heavy atom. The lowest BCUT2D eigenvalue weighted by atomic mass is 9.81. The summed E-state index contributed by atoms with van der Waals surface area (Å²) < 4.78 is 5.71. The minimum atomic E-state index is -0.530. The molecular weight excluding hydrogens is 168 g/mol. The Hall–Kier alpha value is -0.160. The molecule has 1 saturated heterocycles. The first-order valence-electron chi connectivity index (χ1n) is 4.71. The molecule has 4 heteroatoms. The molecule has 0 aromatic rings. The lowest BCUT2D eigenvalue weighted by molar-refractivity contribution is -0.181. The van der Waals surface area contributed by atoms with Gasteiger partial charge in [0.1, 0.15) is 0 Å². The van der Waals surface area contributed by atoms with Gasteiger partial charge in [0.2, 0.25) is 0 Å². The topological polar surface area (TPSA) is 81.5 Å². The quantitative estimate of drug-likeness (QED) is 0.515. The molecule has 1 aliphatic rings. The zero-order valence-electron chi connectivity index (χ0n) is 8.53. The average Bonchev–Trinajstić information content (AvgIpc) is 2.08. The van der Waals surface area contributed by atoms with Crippen LogP contribution in [0.15, 0.2) is 0 Å². The highest BCUT2D eigenvalue weighted by atomic mass is 16.5. The van der Waals surface area contributed by atoms with Crippen LogP contribution in [-0.4, -0.2) is 35.5 Å². The number of hydrogen-bond donors (Lipinski definition) is 3. The average molecular weight is 188 g/mol. The van der Waals surface area contributed by atoms with Crippen molar-refractivity contribution in [3.63, 3.8) is 0 Å². The monoisotopic (exact) mass is 188 g/mol. The Labute approximate surface area is 79.2 Å². The van der Waals surface area contributed by atoms with Crippen LogP contribution in [0, 0.1) is 5.92 Å². The van der Waals surface area contributed by atoms with Crippen LogP contribution in [0.25, 0.3) is 0 Å². The maximum Gasteiger partial charge on any atom is 0.0806 e. The van der Waals surface area contributed by atoms with Gasteiger partial charge in [0, 0.05) is 12.5 Å². The summed E-state index contributed by atoms with van der Waals surface area (Å²) in [5, 5.41) is 9.82. The number of nitrogens with two attached hydrogens (primary N) is 2. The van der Waals surface area contributed by atoms with Gasteiger partial charge in [-0.1, -0.05) is 6.92 Å². The predicted molar refractivity (Wildman–Crippen MR) is 51.2 cm³/mol. The van der Waals surface area contributed by atoms with E-state index in [-0.39, 0.29) is 18.1 Å². The van der Waals surface area contributed by atoms with Gasteiger partial charge in [-0.05, 0) is 13.8 Å². The van der Waals surface area contributed by atoms with Crippen LogP contribution in [0.2, 0.25) is 0 Å². The molecule has 4 atom stereocenters. The van der Waals surface area contributed by atoms with Crippen molar-refractivity contribution in [1.82, 2.24) is 0 Å². The minimum absolute atomic E-state index is 0.00743. The van der Waals surface area contributed by atoms with Gasteiger partial charge in [-0.15, -0.1) is 0 Å². The van der Waals surface area contributed by atoms with Crippen LogP contribution < -0.4 is 11.5 Å². The summed E-state index contributed by atoms with van der Waals surface area (Å²) in [5.74, 6) is 0.00743. The first-order valence-corrected chi connectivity index (χ1v) is 4.71. The number of aliphatic hydroxyl groups excluding tert-OH is 1. The van der Waals surface area contributed by atoms with Crippen LogP contribution in [0.1, 0.15) is 20.8 Å². The highest BCUT2D eigenvalue weighted by Gasteiger charge is 2.44. The summed E-state index contributed by atoms with van der Waals surface area (Å²) in [7, 11) is 0.